The number of carbonyl (C=O) groups is 1. The number of aliphatic hydroxyl groups is 1. The van der Waals surface area contributed by atoms with Crippen molar-refractivity contribution in [3.05, 3.63) is 0 Å². The lowest BCUT2D eigenvalue weighted by Crippen LogP contribution is -2.49. The predicted octanol–water partition coefficient (Wildman–Crippen LogP) is 1.12. The molecule has 4 unspecified atom stereocenters. The van der Waals surface area contributed by atoms with Gasteiger partial charge in [0, 0.05) is 19.6 Å². The van der Waals surface area contributed by atoms with E-state index in [0.717, 1.165) is 38.5 Å². The monoisotopic (exact) mass is 266 g/mol. The molecule has 4 atom stereocenters. The van der Waals surface area contributed by atoms with E-state index in [1.165, 1.54) is 6.42 Å². The Morgan fingerprint density at radius 1 is 1.32 bits per heavy atom. The van der Waals surface area contributed by atoms with E-state index in [1.807, 2.05) is 7.05 Å². The van der Waals surface area contributed by atoms with Gasteiger partial charge >= 0.3 is 0 Å². The highest BCUT2D eigenvalue weighted by Crippen LogP contribution is 2.48. The van der Waals surface area contributed by atoms with Gasteiger partial charge in [-0.05, 0) is 43.9 Å². The van der Waals surface area contributed by atoms with Crippen molar-refractivity contribution in [2.75, 3.05) is 13.6 Å². The fourth-order valence-corrected chi connectivity index (χ4v) is 4.67. The van der Waals surface area contributed by atoms with Gasteiger partial charge in [-0.15, -0.1) is 0 Å². The fraction of sp³-hybridized carbons (Fsp3) is 0.933. The third-order valence-electron chi connectivity index (χ3n) is 5.71. The lowest BCUT2D eigenvalue weighted by atomic mass is 9.84. The average Bonchev–Trinajstić information content (AvgIpc) is 3.04. The van der Waals surface area contributed by atoms with Crippen LogP contribution in [0, 0.1) is 17.8 Å². The van der Waals surface area contributed by atoms with Crippen LogP contribution < -0.4 is 5.73 Å². The smallest absolute Gasteiger partial charge is 0.227 e. The Bertz CT molecular complexity index is 363. The summed E-state index contributed by atoms with van der Waals surface area (Å²) in [7, 11) is 1.83. The Kier molecular flexibility index (Phi) is 3.34. The molecular formula is C15H26N2O2. The van der Waals surface area contributed by atoms with Crippen LogP contribution in [0.2, 0.25) is 0 Å². The number of fused-ring (bicyclic) bond motifs is 2. The lowest BCUT2D eigenvalue weighted by Gasteiger charge is -2.34. The van der Waals surface area contributed by atoms with Crippen LogP contribution in [0.15, 0.2) is 0 Å². The molecule has 0 saturated heterocycles. The second-order valence-corrected chi connectivity index (χ2v) is 7.06. The maximum atomic E-state index is 12.6. The van der Waals surface area contributed by atoms with Crippen molar-refractivity contribution in [1.29, 1.82) is 0 Å². The van der Waals surface area contributed by atoms with Gasteiger partial charge in [0.05, 0.1) is 11.5 Å². The number of nitrogens with two attached hydrogens (primary N) is 1. The van der Waals surface area contributed by atoms with Crippen LogP contribution in [0.5, 0.6) is 0 Å². The Morgan fingerprint density at radius 2 is 1.95 bits per heavy atom. The van der Waals surface area contributed by atoms with E-state index in [0.29, 0.717) is 18.4 Å². The van der Waals surface area contributed by atoms with E-state index in [9.17, 15) is 9.90 Å². The molecule has 3 N–H and O–H groups in total. The third kappa shape index (κ3) is 2.29. The van der Waals surface area contributed by atoms with Gasteiger partial charge in [0.25, 0.3) is 0 Å². The fourth-order valence-electron chi connectivity index (χ4n) is 4.67. The van der Waals surface area contributed by atoms with Crippen LogP contribution in [-0.4, -0.2) is 41.1 Å². The summed E-state index contributed by atoms with van der Waals surface area (Å²) in [6.45, 7) is 0.479. The van der Waals surface area contributed by atoms with Gasteiger partial charge in [-0.2, -0.15) is 0 Å². The maximum absolute atomic E-state index is 12.6. The number of rotatable bonds is 3. The average molecular weight is 266 g/mol. The molecule has 3 fully saturated rings. The molecule has 3 saturated carbocycles. The van der Waals surface area contributed by atoms with Crippen LogP contribution in [0.3, 0.4) is 0 Å². The number of likely N-dealkylation sites (N-methyl/N-ethyl adjacent to an activating group) is 1. The van der Waals surface area contributed by atoms with Gasteiger partial charge in [-0.3, -0.25) is 4.79 Å². The first-order valence-corrected chi connectivity index (χ1v) is 7.73. The Labute approximate surface area is 115 Å². The van der Waals surface area contributed by atoms with Crippen molar-refractivity contribution in [3.8, 4) is 0 Å². The SMILES string of the molecule is CN(CC1(O)CCCC1)C(=O)C1C2CCC(C2)C1N. The molecule has 19 heavy (non-hydrogen) atoms. The molecule has 108 valence electrons. The highest BCUT2D eigenvalue weighted by Gasteiger charge is 2.50. The number of amides is 1. The van der Waals surface area contributed by atoms with Crippen LogP contribution in [0.25, 0.3) is 0 Å². The van der Waals surface area contributed by atoms with Crippen LogP contribution in [0.4, 0.5) is 0 Å². The molecule has 4 nitrogen and oxygen atoms in total. The second-order valence-electron chi connectivity index (χ2n) is 7.06. The van der Waals surface area contributed by atoms with Crippen molar-refractivity contribution in [2.24, 2.45) is 23.5 Å². The summed E-state index contributed by atoms with van der Waals surface area (Å²) >= 11 is 0. The van der Waals surface area contributed by atoms with Crippen LogP contribution >= 0.6 is 0 Å². The molecule has 0 heterocycles. The second kappa shape index (κ2) is 4.74. The van der Waals surface area contributed by atoms with Gasteiger partial charge in [0.15, 0.2) is 0 Å². The summed E-state index contributed by atoms with van der Waals surface area (Å²) in [6, 6.07) is 0.0481. The largest absolute Gasteiger partial charge is 0.388 e. The molecule has 0 aromatic heterocycles. The Balaban J connectivity index is 1.63. The normalized spacial score (nSPS) is 39.7. The Morgan fingerprint density at radius 3 is 2.53 bits per heavy atom. The van der Waals surface area contributed by atoms with E-state index in [-0.39, 0.29) is 17.9 Å². The van der Waals surface area contributed by atoms with Crippen molar-refractivity contribution in [3.63, 3.8) is 0 Å². The number of nitrogens with zero attached hydrogens (tertiary/aromatic N) is 1. The van der Waals surface area contributed by atoms with Gasteiger partial charge < -0.3 is 15.7 Å². The lowest BCUT2D eigenvalue weighted by molar-refractivity contribution is -0.139. The highest BCUT2D eigenvalue weighted by molar-refractivity contribution is 5.80. The molecule has 2 bridgehead atoms. The summed E-state index contributed by atoms with van der Waals surface area (Å²) in [5.41, 5.74) is 5.59. The van der Waals surface area contributed by atoms with Crippen LogP contribution in [-0.2, 0) is 4.79 Å². The molecule has 3 aliphatic carbocycles. The third-order valence-corrected chi connectivity index (χ3v) is 5.71. The van der Waals surface area contributed by atoms with Crippen molar-refractivity contribution in [2.45, 2.75) is 56.6 Å². The van der Waals surface area contributed by atoms with E-state index in [2.05, 4.69) is 0 Å². The minimum Gasteiger partial charge on any atom is -0.388 e. The number of hydrogen-bond donors (Lipinski definition) is 2. The summed E-state index contributed by atoms with van der Waals surface area (Å²) < 4.78 is 0. The summed E-state index contributed by atoms with van der Waals surface area (Å²) in [5, 5.41) is 10.4. The quantitative estimate of drug-likeness (QED) is 0.804. The van der Waals surface area contributed by atoms with Gasteiger partial charge in [0.1, 0.15) is 0 Å². The molecule has 3 rings (SSSR count). The van der Waals surface area contributed by atoms with E-state index >= 15 is 0 Å². The number of hydrogen-bond acceptors (Lipinski definition) is 3. The van der Waals surface area contributed by atoms with Crippen molar-refractivity contribution < 1.29 is 9.90 Å². The molecule has 0 aliphatic heterocycles. The molecule has 0 spiro atoms. The van der Waals surface area contributed by atoms with Crippen LogP contribution in [0.1, 0.15) is 44.9 Å². The first-order valence-electron chi connectivity index (χ1n) is 7.73. The van der Waals surface area contributed by atoms with E-state index in [1.54, 1.807) is 4.90 Å². The van der Waals surface area contributed by atoms with Crippen molar-refractivity contribution in [1.82, 2.24) is 4.90 Å². The zero-order valence-corrected chi connectivity index (χ0v) is 11.8. The number of carbonyl (C=O) groups excluding carboxylic acids is 1. The summed E-state index contributed by atoms with van der Waals surface area (Å²) in [6.07, 6.45) is 7.30. The molecule has 0 aromatic carbocycles. The maximum Gasteiger partial charge on any atom is 0.227 e. The minimum atomic E-state index is -0.647. The molecule has 1 amide bonds. The molecule has 4 heteroatoms. The van der Waals surface area contributed by atoms with E-state index < -0.39 is 5.60 Å². The predicted molar refractivity (Wildman–Crippen MR) is 73.4 cm³/mol. The molecular weight excluding hydrogens is 240 g/mol. The first kappa shape index (κ1) is 13.4. The summed E-state index contributed by atoms with van der Waals surface area (Å²) in [4.78, 5) is 14.4. The van der Waals surface area contributed by atoms with Gasteiger partial charge in [-0.25, -0.2) is 0 Å². The highest BCUT2D eigenvalue weighted by atomic mass is 16.3. The zero-order chi connectivity index (χ0) is 13.6. The minimum absolute atomic E-state index is 0.00810. The van der Waals surface area contributed by atoms with Gasteiger partial charge in [0.2, 0.25) is 5.91 Å². The Hall–Kier alpha value is -0.610. The van der Waals surface area contributed by atoms with Crippen molar-refractivity contribution >= 4 is 5.91 Å². The molecule has 3 aliphatic rings. The standard InChI is InChI=1S/C15H26N2O2/c1-17(9-15(19)6-2-3-7-15)14(18)12-10-4-5-11(8-10)13(12)16/h10-13,19H,2-9,16H2,1H3. The molecule has 0 aromatic rings. The molecule has 0 radical (unpaired) electrons. The van der Waals surface area contributed by atoms with E-state index in [4.69, 9.17) is 5.73 Å². The summed E-state index contributed by atoms with van der Waals surface area (Å²) in [5.74, 6) is 1.23. The first-order chi connectivity index (χ1) is 9.00. The van der Waals surface area contributed by atoms with Gasteiger partial charge in [-0.1, -0.05) is 12.8 Å². The topological polar surface area (TPSA) is 66.6 Å². The zero-order valence-electron chi connectivity index (χ0n) is 11.8.